The first kappa shape index (κ1) is 19.1. The largest absolute Gasteiger partial charge is 0.507 e. The molecule has 0 amide bonds. The molecule has 5 heteroatoms. The molecule has 1 heterocycles. The molecule has 4 aromatic rings. The second kappa shape index (κ2) is 8.02. The lowest BCUT2D eigenvalue weighted by Crippen LogP contribution is -1.95. The summed E-state index contributed by atoms with van der Waals surface area (Å²) in [6.07, 6.45) is 0. The van der Waals surface area contributed by atoms with E-state index in [0.717, 1.165) is 22.4 Å². The lowest BCUT2D eigenvalue weighted by Gasteiger charge is -2.10. The van der Waals surface area contributed by atoms with Crippen LogP contribution in [0.3, 0.4) is 0 Å². The molecule has 29 heavy (non-hydrogen) atoms. The monoisotopic (exact) mass is 405 g/mol. The van der Waals surface area contributed by atoms with Crippen LogP contribution >= 0.6 is 11.6 Å². The SMILES string of the molecule is Cc1ccc(COc2ccc(-c3onc(C)c3-c3ccc(Cl)cc3)c(O)c2)cc1. The summed E-state index contributed by atoms with van der Waals surface area (Å²) in [7, 11) is 0. The van der Waals surface area contributed by atoms with Gasteiger partial charge < -0.3 is 14.4 Å². The Bertz CT molecular complexity index is 1130. The average molecular weight is 406 g/mol. The Labute approximate surface area is 174 Å². The quantitative estimate of drug-likeness (QED) is 0.408. The van der Waals surface area contributed by atoms with Crippen molar-refractivity contribution in [1.29, 1.82) is 0 Å². The lowest BCUT2D eigenvalue weighted by molar-refractivity contribution is 0.304. The van der Waals surface area contributed by atoms with Crippen LogP contribution in [0.25, 0.3) is 22.5 Å². The summed E-state index contributed by atoms with van der Waals surface area (Å²) in [6.45, 7) is 4.34. The van der Waals surface area contributed by atoms with Gasteiger partial charge in [-0.05, 0) is 49.2 Å². The molecule has 0 bridgehead atoms. The third kappa shape index (κ3) is 4.13. The molecule has 4 rings (SSSR count). The van der Waals surface area contributed by atoms with Gasteiger partial charge in [0, 0.05) is 11.1 Å². The van der Waals surface area contributed by atoms with E-state index in [0.29, 0.717) is 28.7 Å². The van der Waals surface area contributed by atoms with E-state index in [-0.39, 0.29) is 5.75 Å². The van der Waals surface area contributed by atoms with Crippen LogP contribution in [0.2, 0.25) is 5.02 Å². The van der Waals surface area contributed by atoms with Crippen LogP contribution in [-0.2, 0) is 6.61 Å². The molecule has 0 saturated heterocycles. The van der Waals surface area contributed by atoms with Gasteiger partial charge in [-0.2, -0.15) is 0 Å². The predicted molar refractivity (Wildman–Crippen MR) is 114 cm³/mol. The van der Waals surface area contributed by atoms with Crippen LogP contribution in [0, 0.1) is 13.8 Å². The van der Waals surface area contributed by atoms with Crippen molar-refractivity contribution in [2.24, 2.45) is 0 Å². The Morgan fingerprint density at radius 1 is 0.966 bits per heavy atom. The number of phenolic OH excluding ortho intramolecular Hbond substituents is 1. The molecule has 0 saturated carbocycles. The van der Waals surface area contributed by atoms with Crippen LogP contribution in [0.4, 0.5) is 0 Å². The fourth-order valence-corrected chi connectivity index (χ4v) is 3.28. The summed E-state index contributed by atoms with van der Waals surface area (Å²) >= 11 is 6.00. The second-order valence-corrected chi connectivity index (χ2v) is 7.37. The van der Waals surface area contributed by atoms with E-state index in [4.69, 9.17) is 20.9 Å². The number of hydrogen-bond acceptors (Lipinski definition) is 4. The molecule has 0 spiro atoms. The summed E-state index contributed by atoms with van der Waals surface area (Å²) in [4.78, 5) is 0. The van der Waals surface area contributed by atoms with Crippen molar-refractivity contribution in [3.05, 3.63) is 88.6 Å². The first-order valence-electron chi connectivity index (χ1n) is 9.25. The smallest absolute Gasteiger partial charge is 0.178 e. The van der Waals surface area contributed by atoms with Crippen molar-refractivity contribution in [2.75, 3.05) is 0 Å². The third-order valence-corrected chi connectivity index (χ3v) is 4.99. The van der Waals surface area contributed by atoms with Crippen molar-refractivity contribution < 1.29 is 14.4 Å². The van der Waals surface area contributed by atoms with Crippen molar-refractivity contribution in [2.45, 2.75) is 20.5 Å². The number of benzene rings is 3. The molecule has 0 aliphatic rings. The van der Waals surface area contributed by atoms with Gasteiger partial charge in [-0.3, -0.25) is 0 Å². The highest BCUT2D eigenvalue weighted by atomic mass is 35.5. The van der Waals surface area contributed by atoms with E-state index >= 15 is 0 Å². The molecule has 0 radical (unpaired) electrons. The topological polar surface area (TPSA) is 55.5 Å². The number of nitrogens with zero attached hydrogens (tertiary/aromatic N) is 1. The molecule has 3 aromatic carbocycles. The third-order valence-electron chi connectivity index (χ3n) is 4.74. The number of rotatable bonds is 5. The minimum atomic E-state index is 0.0674. The number of ether oxygens (including phenoxy) is 1. The first-order chi connectivity index (χ1) is 14.0. The lowest BCUT2D eigenvalue weighted by atomic mass is 9.99. The highest BCUT2D eigenvalue weighted by molar-refractivity contribution is 6.30. The Kier molecular flexibility index (Phi) is 5.28. The van der Waals surface area contributed by atoms with Gasteiger partial charge in [0.05, 0.1) is 16.8 Å². The molecule has 146 valence electrons. The Morgan fingerprint density at radius 2 is 1.69 bits per heavy atom. The number of hydrogen-bond donors (Lipinski definition) is 1. The highest BCUT2D eigenvalue weighted by Crippen LogP contribution is 2.40. The van der Waals surface area contributed by atoms with Crippen LogP contribution in [0.5, 0.6) is 11.5 Å². The van der Waals surface area contributed by atoms with E-state index in [1.807, 2.05) is 68.4 Å². The second-order valence-electron chi connectivity index (χ2n) is 6.93. The standard InChI is InChI=1S/C24H20ClNO3/c1-15-3-5-17(6-4-15)14-28-20-11-12-21(22(27)13-20)24-23(16(2)26-29-24)18-7-9-19(25)10-8-18/h3-13,27H,14H2,1-2H3. The maximum absolute atomic E-state index is 10.6. The van der Waals surface area contributed by atoms with Gasteiger partial charge >= 0.3 is 0 Å². The zero-order valence-electron chi connectivity index (χ0n) is 16.1. The van der Waals surface area contributed by atoms with E-state index in [1.54, 1.807) is 12.1 Å². The molecule has 4 nitrogen and oxygen atoms in total. The number of halogens is 1. The molecule has 0 atom stereocenters. The van der Waals surface area contributed by atoms with Crippen LogP contribution in [0.1, 0.15) is 16.8 Å². The number of phenols is 1. The minimum Gasteiger partial charge on any atom is -0.507 e. The zero-order chi connectivity index (χ0) is 20.4. The fraction of sp³-hybridized carbons (Fsp3) is 0.125. The summed E-state index contributed by atoms with van der Waals surface area (Å²) < 4.78 is 11.4. The van der Waals surface area contributed by atoms with Gasteiger partial charge in [0.2, 0.25) is 0 Å². The van der Waals surface area contributed by atoms with Gasteiger partial charge in [-0.25, -0.2) is 0 Å². The van der Waals surface area contributed by atoms with Gasteiger partial charge in [0.25, 0.3) is 0 Å². The van der Waals surface area contributed by atoms with Gasteiger partial charge in [0.15, 0.2) is 5.76 Å². The summed E-state index contributed by atoms with van der Waals surface area (Å²) in [5.41, 5.74) is 5.30. The Balaban J connectivity index is 1.60. The van der Waals surface area contributed by atoms with Gasteiger partial charge in [-0.15, -0.1) is 0 Å². The minimum absolute atomic E-state index is 0.0674. The zero-order valence-corrected chi connectivity index (χ0v) is 16.9. The van der Waals surface area contributed by atoms with Gasteiger partial charge in [-0.1, -0.05) is 58.7 Å². The number of aryl methyl sites for hydroxylation is 2. The molecular formula is C24H20ClNO3. The van der Waals surface area contributed by atoms with Crippen LogP contribution in [-0.4, -0.2) is 10.3 Å². The van der Waals surface area contributed by atoms with Crippen molar-refractivity contribution in [3.8, 4) is 33.9 Å². The normalized spacial score (nSPS) is 10.9. The Morgan fingerprint density at radius 3 is 2.38 bits per heavy atom. The van der Waals surface area contributed by atoms with Gasteiger partial charge in [0.1, 0.15) is 18.1 Å². The molecule has 1 N–H and O–H groups in total. The Hall–Kier alpha value is -3.24. The maximum Gasteiger partial charge on any atom is 0.178 e. The highest BCUT2D eigenvalue weighted by Gasteiger charge is 2.20. The first-order valence-corrected chi connectivity index (χ1v) is 9.63. The van der Waals surface area contributed by atoms with Crippen LogP contribution in [0.15, 0.2) is 71.3 Å². The van der Waals surface area contributed by atoms with Crippen molar-refractivity contribution in [3.63, 3.8) is 0 Å². The molecular weight excluding hydrogens is 386 g/mol. The summed E-state index contributed by atoms with van der Waals surface area (Å²) in [5, 5.41) is 15.4. The van der Waals surface area contributed by atoms with E-state index in [2.05, 4.69) is 5.16 Å². The summed E-state index contributed by atoms with van der Waals surface area (Å²) in [6, 6.07) is 20.8. The molecule has 0 fully saturated rings. The maximum atomic E-state index is 10.6. The molecule has 0 unspecified atom stereocenters. The van der Waals surface area contributed by atoms with Crippen molar-refractivity contribution in [1.82, 2.24) is 5.16 Å². The van der Waals surface area contributed by atoms with E-state index in [1.165, 1.54) is 5.56 Å². The fourth-order valence-electron chi connectivity index (χ4n) is 3.15. The van der Waals surface area contributed by atoms with Crippen LogP contribution < -0.4 is 4.74 Å². The van der Waals surface area contributed by atoms with Crippen molar-refractivity contribution >= 4 is 11.6 Å². The molecule has 1 aromatic heterocycles. The van der Waals surface area contributed by atoms with E-state index < -0.39 is 0 Å². The number of aromatic hydroxyl groups is 1. The van der Waals surface area contributed by atoms with E-state index in [9.17, 15) is 5.11 Å². The molecule has 0 aliphatic heterocycles. The average Bonchev–Trinajstić information content (AvgIpc) is 3.09. The summed E-state index contributed by atoms with van der Waals surface area (Å²) in [5.74, 6) is 1.15. The predicted octanol–water partition coefficient (Wildman–Crippen LogP) is 6.56. The molecule has 0 aliphatic carbocycles. The number of aromatic nitrogens is 1.